The fourth-order valence-corrected chi connectivity index (χ4v) is 1.15. The van der Waals surface area contributed by atoms with Gasteiger partial charge in [-0.25, -0.2) is 14.0 Å². The van der Waals surface area contributed by atoms with Crippen LogP contribution < -0.4 is 0 Å². The molecule has 0 saturated carbocycles. The van der Waals surface area contributed by atoms with Crippen LogP contribution in [0.4, 0.5) is 4.39 Å². The fourth-order valence-electron chi connectivity index (χ4n) is 1.15. The summed E-state index contributed by atoms with van der Waals surface area (Å²) in [6.07, 6.45) is 0.846. The number of rotatable bonds is 2. The molecule has 0 aromatic carbocycles. The quantitative estimate of drug-likeness (QED) is 0.684. The number of alkyl halides is 1. The largest absolute Gasteiger partial charge is 0.478 e. The van der Waals surface area contributed by atoms with Crippen molar-refractivity contribution in [2.75, 3.05) is 13.1 Å². The summed E-state index contributed by atoms with van der Waals surface area (Å²) in [5.41, 5.74) is 0. The van der Waals surface area contributed by atoms with E-state index in [1.807, 2.05) is 0 Å². The molecule has 1 fully saturated rings. The van der Waals surface area contributed by atoms with Crippen LogP contribution in [0.3, 0.4) is 0 Å². The Morgan fingerprint density at radius 3 is 1.88 bits per heavy atom. The maximum Gasteiger partial charge on any atom is 0.328 e. The predicted molar refractivity (Wildman–Crippen MR) is 56.2 cm³/mol. The number of amides is 1. The molecule has 1 atom stereocenters. The number of hydrogen-bond acceptors (Lipinski definition) is 3. The van der Waals surface area contributed by atoms with Gasteiger partial charge >= 0.3 is 11.9 Å². The lowest BCUT2D eigenvalue weighted by Crippen LogP contribution is -2.25. The molecular weight excluding hydrogens is 233 g/mol. The van der Waals surface area contributed by atoms with Crippen LogP contribution in [0.25, 0.3) is 0 Å². The van der Waals surface area contributed by atoms with Gasteiger partial charge in [0, 0.05) is 25.6 Å². The zero-order valence-corrected chi connectivity index (χ0v) is 9.30. The van der Waals surface area contributed by atoms with E-state index >= 15 is 0 Å². The van der Waals surface area contributed by atoms with Crippen molar-refractivity contribution in [1.82, 2.24) is 4.90 Å². The molecular formula is C10H14FNO5. The second-order valence-corrected chi connectivity index (χ2v) is 3.36. The Morgan fingerprint density at radius 2 is 1.71 bits per heavy atom. The zero-order chi connectivity index (χ0) is 13.4. The van der Waals surface area contributed by atoms with Crippen molar-refractivity contribution in [1.29, 1.82) is 0 Å². The molecule has 0 bridgehead atoms. The molecule has 1 aliphatic rings. The van der Waals surface area contributed by atoms with Gasteiger partial charge in [-0.3, -0.25) is 4.79 Å². The highest BCUT2D eigenvalue weighted by Gasteiger charge is 2.22. The second-order valence-electron chi connectivity index (χ2n) is 3.36. The minimum atomic E-state index is -1.26. The van der Waals surface area contributed by atoms with E-state index in [9.17, 15) is 18.8 Å². The molecule has 17 heavy (non-hydrogen) atoms. The van der Waals surface area contributed by atoms with Crippen molar-refractivity contribution in [2.45, 2.75) is 19.5 Å². The van der Waals surface area contributed by atoms with Crippen LogP contribution in [0.1, 0.15) is 13.3 Å². The fraction of sp³-hybridized carbons (Fsp3) is 0.500. The number of likely N-dealkylation sites (tertiary alicyclic amines) is 1. The van der Waals surface area contributed by atoms with Gasteiger partial charge in [0.1, 0.15) is 6.17 Å². The summed E-state index contributed by atoms with van der Waals surface area (Å²) in [7, 11) is 0. The van der Waals surface area contributed by atoms with Crippen molar-refractivity contribution in [2.24, 2.45) is 0 Å². The first-order chi connectivity index (χ1) is 7.82. The standard InChI is InChI=1S/C6H10FNO.C4H4O4/c1-5(9)8-3-2-6(7)4-8;5-3(6)1-2-4(7)8/h6H,2-4H2,1H3;1-2H,(H,5,6)(H,7,8)/b;2-1-. The number of nitrogens with zero attached hydrogens (tertiary/aromatic N) is 1. The van der Waals surface area contributed by atoms with Gasteiger partial charge in [0.05, 0.1) is 6.54 Å². The topological polar surface area (TPSA) is 94.9 Å². The van der Waals surface area contributed by atoms with E-state index in [1.54, 1.807) is 0 Å². The van der Waals surface area contributed by atoms with Crippen LogP contribution in [-0.4, -0.2) is 52.2 Å². The summed E-state index contributed by atoms with van der Waals surface area (Å²) in [5.74, 6) is -2.53. The molecule has 6 nitrogen and oxygen atoms in total. The first-order valence-corrected chi connectivity index (χ1v) is 4.86. The van der Waals surface area contributed by atoms with Crippen molar-refractivity contribution >= 4 is 17.8 Å². The zero-order valence-electron chi connectivity index (χ0n) is 9.30. The van der Waals surface area contributed by atoms with Crippen molar-refractivity contribution in [3.05, 3.63) is 12.2 Å². The molecule has 0 aliphatic carbocycles. The normalized spacial score (nSPS) is 18.7. The van der Waals surface area contributed by atoms with Crippen molar-refractivity contribution in [3.8, 4) is 0 Å². The summed E-state index contributed by atoms with van der Waals surface area (Å²) >= 11 is 0. The average Bonchev–Trinajstić information content (AvgIpc) is 2.63. The highest BCUT2D eigenvalue weighted by atomic mass is 19.1. The molecule has 7 heteroatoms. The summed E-state index contributed by atoms with van der Waals surface area (Å²) < 4.78 is 12.3. The van der Waals surface area contributed by atoms with Gasteiger partial charge in [-0.1, -0.05) is 0 Å². The van der Waals surface area contributed by atoms with Crippen LogP contribution in [0.5, 0.6) is 0 Å². The number of aliphatic carboxylic acids is 2. The van der Waals surface area contributed by atoms with E-state index in [1.165, 1.54) is 11.8 Å². The number of carbonyl (C=O) groups is 3. The molecule has 1 aliphatic heterocycles. The number of carboxylic acids is 2. The third kappa shape index (κ3) is 7.95. The molecule has 1 unspecified atom stereocenters. The molecule has 96 valence electrons. The third-order valence-electron chi connectivity index (χ3n) is 1.94. The van der Waals surface area contributed by atoms with Crippen molar-refractivity contribution < 1.29 is 29.0 Å². The molecule has 2 N–H and O–H groups in total. The van der Waals surface area contributed by atoms with Crippen LogP contribution in [-0.2, 0) is 14.4 Å². The minimum absolute atomic E-state index is 0.0184. The molecule has 0 aromatic heterocycles. The van der Waals surface area contributed by atoms with Gasteiger partial charge in [-0.05, 0) is 6.42 Å². The van der Waals surface area contributed by atoms with Gasteiger partial charge < -0.3 is 15.1 Å². The Hall–Kier alpha value is -1.92. The van der Waals surface area contributed by atoms with E-state index in [0.717, 1.165) is 0 Å². The summed E-state index contributed by atoms with van der Waals surface area (Å²) in [6, 6.07) is 0. The van der Waals surface area contributed by atoms with E-state index in [4.69, 9.17) is 10.2 Å². The van der Waals surface area contributed by atoms with E-state index in [0.29, 0.717) is 31.7 Å². The summed E-state index contributed by atoms with van der Waals surface area (Å²) in [5, 5.41) is 15.6. The Morgan fingerprint density at radius 1 is 1.24 bits per heavy atom. The van der Waals surface area contributed by atoms with Crippen LogP contribution in [0, 0.1) is 0 Å². The molecule has 1 rings (SSSR count). The molecule has 1 saturated heterocycles. The first-order valence-electron chi connectivity index (χ1n) is 4.86. The first kappa shape index (κ1) is 15.1. The van der Waals surface area contributed by atoms with Crippen LogP contribution >= 0.6 is 0 Å². The number of hydrogen-bond donors (Lipinski definition) is 2. The van der Waals surface area contributed by atoms with Crippen LogP contribution in [0.15, 0.2) is 12.2 Å². The average molecular weight is 247 g/mol. The monoisotopic (exact) mass is 247 g/mol. The lowest BCUT2D eigenvalue weighted by molar-refractivity contribution is -0.134. The smallest absolute Gasteiger partial charge is 0.328 e. The Labute approximate surface area is 97.3 Å². The SMILES string of the molecule is CC(=O)N1CCC(F)C1.O=C(O)/C=C\C(=O)O. The minimum Gasteiger partial charge on any atom is -0.478 e. The highest BCUT2D eigenvalue weighted by Crippen LogP contribution is 2.11. The predicted octanol–water partition coefficient (Wildman–Crippen LogP) is 0.288. The van der Waals surface area contributed by atoms with E-state index in [2.05, 4.69) is 0 Å². The van der Waals surface area contributed by atoms with Gasteiger partial charge in [0.25, 0.3) is 0 Å². The van der Waals surface area contributed by atoms with Gasteiger partial charge in [-0.15, -0.1) is 0 Å². The number of carbonyl (C=O) groups excluding carboxylic acids is 1. The van der Waals surface area contributed by atoms with E-state index in [-0.39, 0.29) is 5.91 Å². The molecule has 1 amide bonds. The van der Waals surface area contributed by atoms with Crippen molar-refractivity contribution in [3.63, 3.8) is 0 Å². The van der Waals surface area contributed by atoms with Gasteiger partial charge in [0.15, 0.2) is 0 Å². The Kier molecular flexibility index (Phi) is 6.54. The maximum atomic E-state index is 12.3. The van der Waals surface area contributed by atoms with E-state index < -0.39 is 18.1 Å². The Balaban J connectivity index is 0.000000304. The lowest BCUT2D eigenvalue weighted by Gasteiger charge is -2.10. The molecule has 1 heterocycles. The highest BCUT2D eigenvalue weighted by molar-refractivity contribution is 5.89. The Bertz CT molecular complexity index is 313. The maximum absolute atomic E-state index is 12.3. The number of halogens is 1. The van der Waals surface area contributed by atoms with Gasteiger partial charge in [-0.2, -0.15) is 0 Å². The van der Waals surface area contributed by atoms with Crippen LogP contribution in [0.2, 0.25) is 0 Å². The molecule has 0 spiro atoms. The summed E-state index contributed by atoms with van der Waals surface area (Å²) in [4.78, 5) is 31.2. The van der Waals surface area contributed by atoms with Gasteiger partial charge in [0.2, 0.25) is 5.91 Å². The number of carboxylic acid groups (broad SMARTS) is 2. The molecule has 0 radical (unpaired) electrons. The third-order valence-corrected chi connectivity index (χ3v) is 1.94. The molecule has 0 aromatic rings. The second kappa shape index (κ2) is 7.37. The summed E-state index contributed by atoms with van der Waals surface area (Å²) in [6.45, 7) is 2.36. The lowest BCUT2D eigenvalue weighted by atomic mass is 10.3.